The fraction of sp³-hybridized carbons (Fsp3) is 0.640. The van der Waals surface area contributed by atoms with Crippen LogP contribution >= 0.6 is 0 Å². The first-order valence-electron chi connectivity index (χ1n) is 12.7. The van der Waals surface area contributed by atoms with Crippen LogP contribution in [-0.2, 0) is 9.53 Å². The maximum Gasteiger partial charge on any atom is 0.305 e. The van der Waals surface area contributed by atoms with Crippen molar-refractivity contribution in [1.82, 2.24) is 25.7 Å². The van der Waals surface area contributed by atoms with Crippen LogP contribution in [0.25, 0.3) is 10.9 Å². The number of pyridine rings is 2. The zero-order valence-electron chi connectivity index (χ0n) is 20.2. The predicted octanol–water partition coefficient (Wildman–Crippen LogP) is 3.00. The van der Waals surface area contributed by atoms with Gasteiger partial charge in [-0.05, 0) is 64.1 Å². The minimum Gasteiger partial charge on any atom is -0.469 e. The number of rotatable bonds is 8. The van der Waals surface area contributed by atoms with E-state index in [1.807, 2.05) is 18.3 Å². The van der Waals surface area contributed by atoms with Gasteiger partial charge in [-0.25, -0.2) is 10.4 Å². The average molecular weight is 468 g/mol. The topological polar surface area (TPSA) is 103 Å². The summed E-state index contributed by atoms with van der Waals surface area (Å²) >= 11 is 0. The molecule has 0 radical (unpaired) electrons. The third-order valence-corrected chi connectivity index (χ3v) is 7.51. The molecule has 3 fully saturated rings. The van der Waals surface area contributed by atoms with Crippen LogP contribution in [-0.4, -0.2) is 64.8 Å². The molecule has 3 unspecified atom stereocenters. The zero-order chi connectivity index (χ0) is 23.5. The Morgan fingerprint density at radius 3 is 2.76 bits per heavy atom. The lowest BCUT2D eigenvalue weighted by Gasteiger charge is -2.49. The van der Waals surface area contributed by atoms with Gasteiger partial charge < -0.3 is 15.4 Å². The van der Waals surface area contributed by atoms with Gasteiger partial charge in [0.15, 0.2) is 0 Å². The Morgan fingerprint density at radius 1 is 1.21 bits per heavy atom. The number of carbonyl (C=O) groups is 1. The number of nitrogens with one attached hydrogen (secondary N) is 4. The number of methoxy groups -OCH3 is 1. The summed E-state index contributed by atoms with van der Waals surface area (Å²) in [4.78, 5) is 23.8. The first kappa shape index (κ1) is 23.3. The number of hydrogen-bond acceptors (Lipinski definition) is 9. The van der Waals surface area contributed by atoms with E-state index in [1.165, 1.54) is 26.4 Å². The van der Waals surface area contributed by atoms with E-state index in [0.29, 0.717) is 30.6 Å². The first-order valence-corrected chi connectivity index (χ1v) is 12.7. The van der Waals surface area contributed by atoms with Crippen LogP contribution in [0.4, 0.5) is 11.6 Å². The molecule has 4 N–H and O–H groups in total. The fourth-order valence-corrected chi connectivity index (χ4v) is 5.91. The molecule has 0 aliphatic carbocycles. The summed E-state index contributed by atoms with van der Waals surface area (Å²) in [7, 11) is 1.47. The largest absolute Gasteiger partial charge is 0.469 e. The maximum absolute atomic E-state index is 11.5. The third kappa shape index (κ3) is 5.26. The van der Waals surface area contributed by atoms with E-state index in [-0.39, 0.29) is 12.1 Å². The van der Waals surface area contributed by atoms with Gasteiger partial charge in [0.05, 0.1) is 18.8 Å². The number of hydrogen-bond donors (Lipinski definition) is 4. The van der Waals surface area contributed by atoms with Crippen molar-refractivity contribution in [2.75, 3.05) is 24.3 Å². The Bertz CT molecular complexity index is 988. The molecule has 0 saturated carbocycles. The molecule has 0 aromatic carbocycles. The van der Waals surface area contributed by atoms with Crippen molar-refractivity contribution in [3.8, 4) is 0 Å². The second kappa shape index (κ2) is 10.4. The number of carbonyl (C=O) groups excluding carboxylic acids is 1. The van der Waals surface area contributed by atoms with Crippen LogP contribution in [0.2, 0.25) is 0 Å². The first-order chi connectivity index (χ1) is 16.6. The Balaban J connectivity index is 1.29. The Labute approximate surface area is 201 Å². The summed E-state index contributed by atoms with van der Waals surface area (Å²) in [5.41, 5.74) is 7.49. The molecule has 34 heavy (non-hydrogen) atoms. The summed E-state index contributed by atoms with van der Waals surface area (Å²) in [5.74, 6) is 1.64. The van der Waals surface area contributed by atoms with E-state index < -0.39 is 0 Å². The van der Waals surface area contributed by atoms with E-state index >= 15 is 0 Å². The zero-order valence-corrected chi connectivity index (χ0v) is 20.2. The molecule has 5 rings (SSSR count). The normalized spacial score (nSPS) is 29.2. The van der Waals surface area contributed by atoms with Crippen LogP contribution in [0.3, 0.4) is 0 Å². The summed E-state index contributed by atoms with van der Waals surface area (Å²) in [6.45, 7) is 3.14. The van der Waals surface area contributed by atoms with Crippen molar-refractivity contribution in [1.29, 1.82) is 0 Å². The second-order valence-corrected chi connectivity index (χ2v) is 10.0. The van der Waals surface area contributed by atoms with Crippen LogP contribution < -0.4 is 21.5 Å². The summed E-state index contributed by atoms with van der Waals surface area (Å²) in [6, 6.07) is 8.03. The molecular weight excluding hydrogens is 430 g/mol. The summed E-state index contributed by atoms with van der Waals surface area (Å²) in [6.07, 6.45) is 10.3. The molecule has 9 heteroatoms. The second-order valence-electron chi connectivity index (χ2n) is 10.0. The Kier molecular flexibility index (Phi) is 7.12. The summed E-state index contributed by atoms with van der Waals surface area (Å²) < 4.78 is 4.82. The van der Waals surface area contributed by atoms with Gasteiger partial charge in [0.1, 0.15) is 11.6 Å². The standard InChI is InChI=1S/C25H37N7O2/c1-16-12-23(31-30-16)28-22-15-21-20(8-4-10-26-21)25(29-22)27-17-13-18-6-3-7-19(14-17)32(18)11-5-9-24(33)34-2/h4,8,10,15-19,23,30-31H,3,5-7,9,11-14H2,1-2H3,(H2,27,28,29)/t16?,17?,18-,19+,23?. The lowest BCUT2D eigenvalue weighted by atomic mass is 9.81. The lowest BCUT2D eigenvalue weighted by molar-refractivity contribution is -0.140. The minimum atomic E-state index is -0.111. The van der Waals surface area contributed by atoms with Gasteiger partial charge in [-0.2, -0.15) is 0 Å². The summed E-state index contributed by atoms with van der Waals surface area (Å²) in [5, 5.41) is 8.38. The van der Waals surface area contributed by atoms with Gasteiger partial charge in [0.2, 0.25) is 0 Å². The quantitative estimate of drug-likeness (QED) is 0.436. The number of aromatic nitrogens is 2. The average Bonchev–Trinajstić information content (AvgIpc) is 3.23. The lowest BCUT2D eigenvalue weighted by Crippen LogP contribution is -2.55. The van der Waals surface area contributed by atoms with Crippen molar-refractivity contribution in [3.05, 3.63) is 24.4 Å². The van der Waals surface area contributed by atoms with E-state index in [2.05, 4.69) is 44.4 Å². The van der Waals surface area contributed by atoms with E-state index in [1.54, 1.807) is 0 Å². The predicted molar refractivity (Wildman–Crippen MR) is 133 cm³/mol. The monoisotopic (exact) mass is 467 g/mol. The molecule has 3 aliphatic rings. The van der Waals surface area contributed by atoms with Gasteiger partial charge in [0, 0.05) is 48.2 Å². The third-order valence-electron chi connectivity index (χ3n) is 7.51. The molecule has 2 aromatic rings. The molecular formula is C25H37N7O2. The van der Waals surface area contributed by atoms with Crippen LogP contribution in [0.1, 0.15) is 58.3 Å². The number of nitrogens with zero attached hydrogens (tertiary/aromatic N) is 3. The molecule has 0 amide bonds. The number of piperidine rings is 2. The maximum atomic E-state index is 11.5. The molecule has 2 aromatic heterocycles. The van der Waals surface area contributed by atoms with Gasteiger partial charge in [0.25, 0.3) is 0 Å². The van der Waals surface area contributed by atoms with Crippen molar-refractivity contribution in [3.63, 3.8) is 0 Å². The number of ether oxygens (including phenoxy) is 1. The highest BCUT2D eigenvalue weighted by molar-refractivity contribution is 5.91. The molecule has 3 aliphatic heterocycles. The highest BCUT2D eigenvalue weighted by atomic mass is 16.5. The SMILES string of the molecule is COC(=O)CCCN1[C@@H]2CCC[C@H]1CC(Nc1nc(NC3CC(C)NN3)cc3ncccc13)C2. The fourth-order valence-electron chi connectivity index (χ4n) is 5.91. The number of fused-ring (bicyclic) bond motifs is 3. The van der Waals surface area contributed by atoms with Crippen molar-refractivity contribution < 1.29 is 9.53 Å². The van der Waals surface area contributed by atoms with E-state index in [4.69, 9.17) is 9.72 Å². The van der Waals surface area contributed by atoms with Gasteiger partial charge in [-0.1, -0.05) is 6.42 Å². The number of anilines is 2. The molecule has 9 nitrogen and oxygen atoms in total. The van der Waals surface area contributed by atoms with Crippen molar-refractivity contribution in [2.45, 2.75) is 88.6 Å². The van der Waals surface area contributed by atoms with Gasteiger partial charge in [-0.15, -0.1) is 0 Å². The molecule has 2 bridgehead atoms. The Hall–Kier alpha value is -2.49. The van der Waals surface area contributed by atoms with Crippen LogP contribution in [0.5, 0.6) is 0 Å². The van der Waals surface area contributed by atoms with Crippen molar-refractivity contribution in [2.24, 2.45) is 0 Å². The minimum absolute atomic E-state index is 0.111. The molecule has 184 valence electrons. The molecule has 3 saturated heterocycles. The highest BCUT2D eigenvalue weighted by Crippen LogP contribution is 2.36. The van der Waals surface area contributed by atoms with Crippen molar-refractivity contribution >= 4 is 28.5 Å². The van der Waals surface area contributed by atoms with Gasteiger partial charge in [-0.3, -0.25) is 20.1 Å². The highest BCUT2D eigenvalue weighted by Gasteiger charge is 2.38. The Morgan fingerprint density at radius 2 is 2.03 bits per heavy atom. The van der Waals surface area contributed by atoms with Gasteiger partial charge >= 0.3 is 5.97 Å². The molecule has 5 heterocycles. The molecule has 0 spiro atoms. The smallest absolute Gasteiger partial charge is 0.305 e. The molecule has 5 atom stereocenters. The van der Waals surface area contributed by atoms with Crippen LogP contribution in [0, 0.1) is 0 Å². The van der Waals surface area contributed by atoms with E-state index in [9.17, 15) is 4.79 Å². The number of hydrazine groups is 1. The van der Waals surface area contributed by atoms with E-state index in [0.717, 1.165) is 54.8 Å². The van der Waals surface area contributed by atoms with Crippen LogP contribution in [0.15, 0.2) is 24.4 Å². The number of esters is 1.